The number of hydrogen-bond donors (Lipinski definition) is 1. The molecule has 1 aliphatic rings. The van der Waals surface area contributed by atoms with Crippen LogP contribution in [0.25, 0.3) is 0 Å². The maximum Gasteiger partial charge on any atom is 0.173 e. The molecule has 18 heavy (non-hydrogen) atoms. The standard InChI is InChI=1S/C13H16ClNO3/c1-17-11-8(6-16)10(14)5-9(12(11)18-2)13(7-15)3-4-13/h5-6H,3-4,7,15H2,1-2H3. The second-order valence-corrected chi connectivity index (χ2v) is 4.90. The van der Waals surface area contributed by atoms with E-state index >= 15 is 0 Å². The lowest BCUT2D eigenvalue weighted by atomic mass is 9.93. The van der Waals surface area contributed by atoms with E-state index in [1.165, 1.54) is 7.11 Å². The Kier molecular flexibility index (Phi) is 3.50. The number of ether oxygens (including phenoxy) is 2. The highest BCUT2D eigenvalue weighted by Crippen LogP contribution is 2.54. The van der Waals surface area contributed by atoms with Crippen molar-refractivity contribution < 1.29 is 14.3 Å². The third-order valence-corrected chi connectivity index (χ3v) is 3.88. The number of aldehydes is 1. The molecular formula is C13H16ClNO3. The summed E-state index contributed by atoms with van der Waals surface area (Å²) in [6, 6.07) is 1.77. The van der Waals surface area contributed by atoms with Crippen molar-refractivity contribution in [2.45, 2.75) is 18.3 Å². The summed E-state index contributed by atoms with van der Waals surface area (Å²) < 4.78 is 10.7. The Morgan fingerprint density at radius 2 is 2.00 bits per heavy atom. The van der Waals surface area contributed by atoms with Crippen LogP contribution in [0.4, 0.5) is 0 Å². The van der Waals surface area contributed by atoms with E-state index in [1.54, 1.807) is 13.2 Å². The van der Waals surface area contributed by atoms with E-state index < -0.39 is 0 Å². The lowest BCUT2D eigenvalue weighted by molar-refractivity contribution is 0.112. The molecular weight excluding hydrogens is 254 g/mol. The second-order valence-electron chi connectivity index (χ2n) is 4.49. The smallest absolute Gasteiger partial charge is 0.173 e. The molecule has 0 atom stereocenters. The molecule has 0 aliphatic heterocycles. The van der Waals surface area contributed by atoms with Gasteiger partial charge in [0.15, 0.2) is 17.8 Å². The van der Waals surface area contributed by atoms with Gasteiger partial charge >= 0.3 is 0 Å². The lowest BCUT2D eigenvalue weighted by Gasteiger charge is -2.21. The minimum absolute atomic E-state index is 0.0797. The highest BCUT2D eigenvalue weighted by atomic mass is 35.5. The number of carbonyl (C=O) groups excluding carboxylic acids is 1. The number of halogens is 1. The Balaban J connectivity index is 2.67. The number of nitrogens with two attached hydrogens (primary N) is 1. The Morgan fingerprint density at radius 3 is 2.39 bits per heavy atom. The summed E-state index contributed by atoms with van der Waals surface area (Å²) >= 11 is 6.13. The van der Waals surface area contributed by atoms with Gasteiger partial charge in [0.1, 0.15) is 0 Å². The molecule has 0 aromatic heterocycles. The van der Waals surface area contributed by atoms with E-state index in [0.29, 0.717) is 34.9 Å². The van der Waals surface area contributed by atoms with Crippen molar-refractivity contribution in [2.75, 3.05) is 20.8 Å². The van der Waals surface area contributed by atoms with Gasteiger partial charge in [-0.1, -0.05) is 11.6 Å². The number of benzene rings is 1. The Bertz CT molecular complexity index is 484. The molecule has 1 aromatic rings. The van der Waals surface area contributed by atoms with Gasteiger partial charge in [-0.2, -0.15) is 0 Å². The molecule has 0 saturated heterocycles. The topological polar surface area (TPSA) is 61.5 Å². The predicted molar refractivity (Wildman–Crippen MR) is 69.9 cm³/mol. The van der Waals surface area contributed by atoms with Gasteiger partial charge in [0.2, 0.25) is 0 Å². The summed E-state index contributed by atoms with van der Waals surface area (Å²) in [4.78, 5) is 11.1. The first kappa shape index (κ1) is 13.2. The molecule has 2 rings (SSSR count). The van der Waals surface area contributed by atoms with Gasteiger partial charge in [-0.05, 0) is 18.9 Å². The molecule has 2 N–H and O–H groups in total. The van der Waals surface area contributed by atoms with Gasteiger partial charge in [-0.25, -0.2) is 0 Å². The van der Waals surface area contributed by atoms with Crippen molar-refractivity contribution in [1.29, 1.82) is 0 Å². The van der Waals surface area contributed by atoms with Crippen molar-refractivity contribution in [1.82, 2.24) is 0 Å². The Morgan fingerprint density at radius 1 is 1.39 bits per heavy atom. The quantitative estimate of drug-likeness (QED) is 0.832. The third kappa shape index (κ3) is 1.85. The van der Waals surface area contributed by atoms with Crippen LogP contribution in [0.5, 0.6) is 11.5 Å². The fourth-order valence-corrected chi connectivity index (χ4v) is 2.51. The third-order valence-electron chi connectivity index (χ3n) is 3.57. The van der Waals surface area contributed by atoms with Crippen molar-refractivity contribution in [3.8, 4) is 11.5 Å². The van der Waals surface area contributed by atoms with Gasteiger partial charge in [-0.3, -0.25) is 4.79 Å². The van der Waals surface area contributed by atoms with E-state index in [9.17, 15) is 4.79 Å². The van der Waals surface area contributed by atoms with Crippen molar-refractivity contribution in [3.63, 3.8) is 0 Å². The highest BCUT2D eigenvalue weighted by Gasteiger charge is 2.46. The first-order valence-corrected chi connectivity index (χ1v) is 6.11. The van der Waals surface area contributed by atoms with Gasteiger partial charge in [0.25, 0.3) is 0 Å². The normalized spacial score (nSPS) is 16.2. The summed E-state index contributed by atoms with van der Waals surface area (Å²) in [7, 11) is 3.05. The molecule has 4 nitrogen and oxygen atoms in total. The predicted octanol–water partition coefficient (Wildman–Crippen LogP) is 2.16. The number of rotatable bonds is 5. The minimum Gasteiger partial charge on any atom is -0.493 e. The van der Waals surface area contributed by atoms with Crippen LogP contribution in [0.2, 0.25) is 5.02 Å². The molecule has 1 aromatic carbocycles. The van der Waals surface area contributed by atoms with E-state index in [1.807, 2.05) is 0 Å². The zero-order valence-electron chi connectivity index (χ0n) is 10.5. The van der Waals surface area contributed by atoms with Crippen molar-refractivity contribution >= 4 is 17.9 Å². The maximum atomic E-state index is 11.1. The highest BCUT2D eigenvalue weighted by molar-refractivity contribution is 6.33. The van der Waals surface area contributed by atoms with Gasteiger partial charge in [-0.15, -0.1) is 0 Å². The van der Waals surface area contributed by atoms with Crippen LogP contribution in [-0.4, -0.2) is 27.1 Å². The zero-order valence-corrected chi connectivity index (χ0v) is 11.2. The van der Waals surface area contributed by atoms with Crippen LogP contribution in [-0.2, 0) is 5.41 Å². The maximum absolute atomic E-state index is 11.1. The number of carbonyl (C=O) groups is 1. The van der Waals surface area contributed by atoms with Crippen LogP contribution < -0.4 is 15.2 Å². The fraction of sp³-hybridized carbons (Fsp3) is 0.462. The molecule has 1 fully saturated rings. The Labute approximate surface area is 111 Å². The minimum atomic E-state index is -0.0797. The molecule has 1 aliphatic carbocycles. The fourth-order valence-electron chi connectivity index (χ4n) is 2.27. The molecule has 0 heterocycles. The molecule has 0 spiro atoms. The molecule has 5 heteroatoms. The summed E-state index contributed by atoms with van der Waals surface area (Å²) in [5.41, 5.74) is 6.99. The summed E-state index contributed by atoms with van der Waals surface area (Å²) in [5.74, 6) is 0.946. The summed E-state index contributed by atoms with van der Waals surface area (Å²) in [5, 5.41) is 0.373. The van der Waals surface area contributed by atoms with Crippen LogP contribution in [0, 0.1) is 0 Å². The number of hydrogen-bond acceptors (Lipinski definition) is 4. The summed E-state index contributed by atoms with van der Waals surface area (Å²) in [6.07, 6.45) is 2.68. The molecule has 0 bridgehead atoms. The van der Waals surface area contributed by atoms with Gasteiger partial charge in [0.05, 0.1) is 24.8 Å². The largest absolute Gasteiger partial charge is 0.493 e. The average Bonchev–Trinajstić information content (AvgIpc) is 3.18. The first-order valence-electron chi connectivity index (χ1n) is 5.73. The number of methoxy groups -OCH3 is 2. The lowest BCUT2D eigenvalue weighted by Crippen LogP contribution is -2.21. The van der Waals surface area contributed by atoms with E-state index in [4.69, 9.17) is 26.8 Å². The van der Waals surface area contributed by atoms with Gasteiger partial charge < -0.3 is 15.2 Å². The molecule has 0 radical (unpaired) electrons. The molecule has 0 amide bonds. The van der Waals surface area contributed by atoms with Crippen molar-refractivity contribution in [3.05, 3.63) is 22.2 Å². The second kappa shape index (κ2) is 4.78. The average molecular weight is 270 g/mol. The first-order chi connectivity index (χ1) is 8.63. The van der Waals surface area contributed by atoms with Crippen LogP contribution in [0.15, 0.2) is 6.07 Å². The van der Waals surface area contributed by atoms with Crippen LogP contribution in [0.3, 0.4) is 0 Å². The molecule has 98 valence electrons. The van der Waals surface area contributed by atoms with Crippen LogP contribution in [0.1, 0.15) is 28.8 Å². The molecule has 0 unspecified atom stereocenters. The van der Waals surface area contributed by atoms with Crippen LogP contribution >= 0.6 is 11.6 Å². The van der Waals surface area contributed by atoms with E-state index in [0.717, 1.165) is 18.4 Å². The monoisotopic (exact) mass is 269 g/mol. The zero-order chi connectivity index (χ0) is 13.3. The van der Waals surface area contributed by atoms with Gasteiger partial charge in [0, 0.05) is 17.5 Å². The van der Waals surface area contributed by atoms with E-state index in [-0.39, 0.29) is 5.41 Å². The molecule has 1 saturated carbocycles. The van der Waals surface area contributed by atoms with E-state index in [2.05, 4.69) is 0 Å². The summed E-state index contributed by atoms with van der Waals surface area (Å²) in [6.45, 7) is 0.531. The SMILES string of the molecule is COc1c(C2(CN)CC2)cc(Cl)c(C=O)c1OC. The van der Waals surface area contributed by atoms with Crippen molar-refractivity contribution in [2.24, 2.45) is 5.73 Å². The Hall–Kier alpha value is -1.26.